The summed E-state index contributed by atoms with van der Waals surface area (Å²) in [5.74, 6) is -2.34. The number of carboxylic acids is 1. The maximum Gasteiger partial charge on any atom is 0.326 e. The van der Waals surface area contributed by atoms with E-state index in [0.29, 0.717) is 10.6 Å². The smallest absolute Gasteiger partial charge is 0.326 e. The first-order valence-corrected chi connectivity index (χ1v) is 9.94. The Hall–Kier alpha value is -2.36. The van der Waals surface area contributed by atoms with Gasteiger partial charge >= 0.3 is 5.97 Å². The fourth-order valence-corrected chi connectivity index (χ4v) is 5.76. The summed E-state index contributed by atoms with van der Waals surface area (Å²) >= 11 is 5.80. The lowest BCUT2D eigenvalue weighted by Crippen LogP contribution is -2.22. The molecule has 2 aromatic carbocycles. The Morgan fingerprint density at radius 1 is 1.19 bits per heavy atom. The Morgan fingerprint density at radius 3 is 2.23 bits per heavy atom. The number of nitriles is 1. The molecule has 5 nitrogen and oxygen atoms in total. The van der Waals surface area contributed by atoms with Gasteiger partial charge in [0.05, 0.1) is 11.0 Å². The highest BCUT2D eigenvalue weighted by molar-refractivity contribution is 7.92. The molecular weight excluding hydrogens is 374 g/mol. The molecule has 1 saturated carbocycles. The fourth-order valence-electron chi connectivity index (χ4n) is 3.38. The number of hydrogen-bond acceptors (Lipinski definition) is 4. The highest BCUT2D eigenvalue weighted by atomic mass is 35.5. The second-order valence-electron chi connectivity index (χ2n) is 6.28. The van der Waals surface area contributed by atoms with Crippen LogP contribution in [0.1, 0.15) is 24.0 Å². The third-order valence-corrected chi connectivity index (χ3v) is 7.39. The van der Waals surface area contributed by atoms with Gasteiger partial charge in [0.15, 0.2) is 15.3 Å². The molecule has 0 radical (unpaired) electrons. The highest BCUT2D eigenvalue weighted by Crippen LogP contribution is 2.64. The molecule has 1 aliphatic rings. The van der Waals surface area contributed by atoms with E-state index in [1.165, 1.54) is 24.3 Å². The number of hydrogen-bond donors (Lipinski definition) is 1. The van der Waals surface area contributed by atoms with Gasteiger partial charge in [-0.1, -0.05) is 42.8 Å². The van der Waals surface area contributed by atoms with Crippen molar-refractivity contribution in [3.63, 3.8) is 0 Å². The number of carboxylic acid groups (broad SMARTS) is 1. The van der Waals surface area contributed by atoms with Crippen molar-refractivity contribution < 1.29 is 18.3 Å². The van der Waals surface area contributed by atoms with E-state index in [4.69, 9.17) is 11.6 Å². The summed E-state index contributed by atoms with van der Waals surface area (Å²) in [5, 5.41) is 18.3. The maximum atomic E-state index is 13.0. The minimum Gasteiger partial charge on any atom is -0.480 e. The van der Waals surface area contributed by atoms with Gasteiger partial charge in [-0.05, 0) is 41.8 Å². The topological polar surface area (TPSA) is 95.2 Å². The van der Waals surface area contributed by atoms with Gasteiger partial charge in [0.1, 0.15) is 5.25 Å². The van der Waals surface area contributed by atoms with Gasteiger partial charge in [0, 0.05) is 10.9 Å². The molecule has 1 fully saturated rings. The number of nitrogens with zero attached hydrogens (tertiary/aromatic N) is 1. The lowest BCUT2D eigenvalue weighted by molar-refractivity contribution is -0.141. The predicted molar refractivity (Wildman–Crippen MR) is 96.7 cm³/mol. The van der Waals surface area contributed by atoms with Crippen LogP contribution in [-0.2, 0) is 21.1 Å². The molecule has 0 aromatic heterocycles. The second-order valence-corrected chi connectivity index (χ2v) is 8.78. The van der Waals surface area contributed by atoms with E-state index in [9.17, 15) is 23.6 Å². The molecule has 7 heteroatoms. The summed E-state index contributed by atoms with van der Waals surface area (Å²) < 4.78 is 26.1. The van der Waals surface area contributed by atoms with Gasteiger partial charge < -0.3 is 5.11 Å². The van der Waals surface area contributed by atoms with Gasteiger partial charge in [-0.3, -0.25) is 4.79 Å². The third-order valence-electron chi connectivity index (χ3n) is 4.90. The highest BCUT2D eigenvalue weighted by Gasteiger charge is 2.77. The molecule has 0 saturated heterocycles. The van der Waals surface area contributed by atoms with Crippen LogP contribution in [0.15, 0.2) is 53.4 Å². The van der Waals surface area contributed by atoms with Crippen LogP contribution in [0.5, 0.6) is 0 Å². The Labute approximate surface area is 156 Å². The first-order chi connectivity index (χ1) is 12.3. The van der Waals surface area contributed by atoms with Crippen molar-refractivity contribution in [2.24, 2.45) is 5.41 Å². The molecule has 3 rings (SSSR count). The van der Waals surface area contributed by atoms with E-state index >= 15 is 0 Å². The van der Waals surface area contributed by atoms with Crippen molar-refractivity contribution in [2.75, 3.05) is 0 Å². The van der Waals surface area contributed by atoms with Crippen molar-refractivity contribution in [3.05, 3.63) is 64.7 Å². The van der Waals surface area contributed by atoms with Crippen LogP contribution in [0.2, 0.25) is 5.02 Å². The number of aryl methyl sites for hydroxylation is 1. The zero-order valence-electron chi connectivity index (χ0n) is 13.9. The van der Waals surface area contributed by atoms with Crippen molar-refractivity contribution in [3.8, 4) is 6.07 Å². The summed E-state index contributed by atoms with van der Waals surface area (Å²) in [6.07, 6.45) is 0.805. The monoisotopic (exact) mass is 389 g/mol. The van der Waals surface area contributed by atoms with Crippen LogP contribution in [0.4, 0.5) is 0 Å². The Bertz CT molecular complexity index is 993. The molecule has 0 unspecified atom stereocenters. The summed E-state index contributed by atoms with van der Waals surface area (Å²) in [6.45, 7) is 1.98. The summed E-state index contributed by atoms with van der Waals surface area (Å²) in [5.41, 5.74) is -0.412. The van der Waals surface area contributed by atoms with E-state index < -0.39 is 32.4 Å². The van der Waals surface area contributed by atoms with Crippen molar-refractivity contribution >= 4 is 27.4 Å². The van der Waals surface area contributed by atoms with Crippen molar-refractivity contribution in [1.29, 1.82) is 5.26 Å². The molecule has 2 aromatic rings. The number of rotatable bonds is 5. The normalized spacial score (nSPS) is 24.7. The first-order valence-electron chi connectivity index (χ1n) is 8.02. The minimum atomic E-state index is -4.02. The average molecular weight is 390 g/mol. The van der Waals surface area contributed by atoms with Crippen molar-refractivity contribution in [1.82, 2.24) is 0 Å². The number of aliphatic carboxylic acids is 1. The van der Waals surface area contributed by atoms with Gasteiger partial charge in [-0.2, -0.15) is 5.26 Å². The standard InChI is InChI=1S/C19H16ClNO4S/c1-2-12-3-5-13(6-4-12)16-17(19(16,11-21)18(22)23)26(24,25)15-9-7-14(20)8-10-15/h3-10,16-17H,2H2,1H3,(H,22,23)/t16-,17+,19-/m0/s1. The Morgan fingerprint density at radius 2 is 1.77 bits per heavy atom. The maximum absolute atomic E-state index is 13.0. The van der Waals surface area contributed by atoms with Gasteiger partial charge in [-0.25, -0.2) is 8.42 Å². The summed E-state index contributed by atoms with van der Waals surface area (Å²) in [7, 11) is -4.02. The predicted octanol–water partition coefficient (Wildman–Crippen LogP) is 3.44. The first kappa shape index (κ1) is 18.4. The van der Waals surface area contributed by atoms with Crippen LogP contribution in [0, 0.1) is 16.7 Å². The minimum absolute atomic E-state index is 0.0412. The molecule has 0 heterocycles. The van der Waals surface area contributed by atoms with E-state index in [2.05, 4.69) is 0 Å². The largest absolute Gasteiger partial charge is 0.480 e. The number of benzene rings is 2. The third kappa shape index (κ3) is 2.68. The number of halogens is 1. The van der Waals surface area contributed by atoms with Crippen LogP contribution in [0.25, 0.3) is 0 Å². The number of carbonyl (C=O) groups is 1. The molecular formula is C19H16ClNO4S. The lowest BCUT2D eigenvalue weighted by Gasteiger charge is -2.05. The average Bonchev–Trinajstić information content (AvgIpc) is 3.34. The molecule has 134 valence electrons. The van der Waals surface area contributed by atoms with Crippen LogP contribution >= 0.6 is 11.6 Å². The van der Waals surface area contributed by atoms with E-state index in [0.717, 1.165) is 12.0 Å². The molecule has 1 N–H and O–H groups in total. The Kier molecular flexibility index (Phi) is 4.55. The molecule has 1 aliphatic carbocycles. The van der Waals surface area contributed by atoms with Gasteiger partial charge in [0.2, 0.25) is 0 Å². The molecule has 3 atom stereocenters. The van der Waals surface area contributed by atoms with E-state index in [-0.39, 0.29) is 4.90 Å². The summed E-state index contributed by atoms with van der Waals surface area (Å²) in [6, 6.07) is 14.3. The van der Waals surface area contributed by atoms with Crippen molar-refractivity contribution in [2.45, 2.75) is 29.4 Å². The van der Waals surface area contributed by atoms with Gasteiger partial charge in [0.25, 0.3) is 0 Å². The SMILES string of the molecule is CCc1ccc([C@H]2[C@@H](S(=O)(=O)c3ccc(Cl)cc3)[C@@]2(C#N)C(=O)O)cc1. The molecule has 0 amide bonds. The van der Waals surface area contributed by atoms with Gasteiger partial charge in [-0.15, -0.1) is 0 Å². The Balaban J connectivity index is 2.10. The molecule has 26 heavy (non-hydrogen) atoms. The number of sulfone groups is 1. The van der Waals surface area contributed by atoms with E-state index in [1.807, 2.05) is 19.1 Å². The quantitative estimate of drug-likeness (QED) is 0.845. The van der Waals surface area contributed by atoms with Crippen LogP contribution in [0.3, 0.4) is 0 Å². The molecule has 0 spiro atoms. The summed E-state index contributed by atoms with van der Waals surface area (Å²) in [4.78, 5) is 11.8. The fraction of sp³-hybridized carbons (Fsp3) is 0.263. The van der Waals surface area contributed by atoms with Crippen LogP contribution in [-0.4, -0.2) is 24.7 Å². The lowest BCUT2D eigenvalue weighted by atomic mass is 9.99. The second kappa shape index (κ2) is 6.42. The van der Waals surface area contributed by atoms with E-state index in [1.54, 1.807) is 18.2 Å². The van der Waals surface area contributed by atoms with Crippen LogP contribution < -0.4 is 0 Å². The zero-order valence-corrected chi connectivity index (χ0v) is 15.5. The zero-order chi connectivity index (χ0) is 19.1. The molecule has 0 bridgehead atoms. The molecule has 0 aliphatic heterocycles.